The zero-order valence-corrected chi connectivity index (χ0v) is 5.50. The van der Waals surface area contributed by atoms with Gasteiger partial charge in [-0.15, -0.1) is 0 Å². The van der Waals surface area contributed by atoms with Gasteiger partial charge in [-0.3, -0.25) is 9.39 Å². The van der Waals surface area contributed by atoms with Gasteiger partial charge in [0.2, 0.25) is 0 Å². The molecule has 0 radical (unpaired) electrons. The molecule has 0 bridgehead atoms. The number of carbonyl (C=O) groups is 1. The molecule has 60 valence electrons. The Hall–Kier alpha value is -0.700. The van der Waals surface area contributed by atoms with Crippen molar-refractivity contribution in [3.05, 3.63) is 0 Å². The first-order valence-corrected chi connectivity index (χ1v) is 3.33. The third kappa shape index (κ3) is 5.44. The minimum absolute atomic E-state index is 0.736. The fourth-order valence-electron chi connectivity index (χ4n) is 0.210. The van der Waals surface area contributed by atoms with Gasteiger partial charge in [0.25, 0.3) is 0 Å². The first-order valence-electron chi connectivity index (χ1n) is 1.97. The molecule has 3 N–H and O–H groups in total. The van der Waals surface area contributed by atoms with Crippen molar-refractivity contribution in [3.63, 3.8) is 0 Å². The van der Waals surface area contributed by atoms with Crippen molar-refractivity contribution in [1.29, 1.82) is 0 Å². The van der Waals surface area contributed by atoms with E-state index in [0.29, 0.717) is 0 Å². The molecule has 0 aliphatic heterocycles. The van der Waals surface area contributed by atoms with Gasteiger partial charge in [-0.05, 0) is 0 Å². The topological polar surface area (TPSA) is 116 Å². The summed E-state index contributed by atoms with van der Waals surface area (Å²) < 4.78 is 30.7. The summed E-state index contributed by atoms with van der Waals surface area (Å²) in [5, 5.41) is 0. The molecule has 0 amide bonds. The van der Waals surface area contributed by atoms with Crippen LogP contribution >= 0.6 is 0 Å². The van der Waals surface area contributed by atoms with E-state index in [9.17, 15) is 13.2 Å². The van der Waals surface area contributed by atoms with E-state index in [4.69, 9.17) is 4.55 Å². The fourth-order valence-corrected chi connectivity index (χ4v) is 0.493. The van der Waals surface area contributed by atoms with Gasteiger partial charge >= 0.3 is 16.4 Å². The van der Waals surface area contributed by atoms with Crippen LogP contribution in [0.5, 0.6) is 0 Å². The van der Waals surface area contributed by atoms with Gasteiger partial charge in [0.05, 0.1) is 0 Å². The lowest BCUT2D eigenvalue weighted by Gasteiger charge is -1.96. The molecule has 0 aromatic rings. The van der Waals surface area contributed by atoms with Gasteiger partial charge in [0, 0.05) is 0 Å². The second kappa shape index (κ2) is 3.46. The highest BCUT2D eigenvalue weighted by atomic mass is 32.3. The van der Waals surface area contributed by atoms with Crippen molar-refractivity contribution in [2.45, 2.75) is 0 Å². The number of rotatable bonds is 3. The lowest BCUT2D eigenvalue weighted by atomic mass is 10.8. The lowest BCUT2D eigenvalue weighted by molar-refractivity contribution is -0.139. The zero-order valence-electron chi connectivity index (χ0n) is 4.68. The second-order valence-corrected chi connectivity index (χ2v) is 2.22. The highest BCUT2D eigenvalue weighted by Gasteiger charge is 2.11. The summed E-state index contributed by atoms with van der Waals surface area (Å²) in [6, 6.07) is 0. The van der Waals surface area contributed by atoms with Crippen molar-refractivity contribution in [3.8, 4) is 0 Å². The van der Waals surface area contributed by atoms with Crippen LogP contribution in [-0.2, 0) is 24.2 Å². The van der Waals surface area contributed by atoms with E-state index in [0.717, 1.165) is 0 Å². The normalized spacial score (nSPS) is 11.0. The molecule has 7 nitrogen and oxygen atoms in total. The summed E-state index contributed by atoms with van der Waals surface area (Å²) in [5.74, 6) is 3.08. The van der Waals surface area contributed by atoms with Crippen LogP contribution in [0.3, 0.4) is 0 Å². The lowest BCUT2D eigenvalue weighted by Crippen LogP contribution is -2.18. The Bertz CT molecular complexity index is 206. The van der Waals surface area contributed by atoms with Crippen LogP contribution in [-0.4, -0.2) is 25.5 Å². The summed E-state index contributed by atoms with van der Waals surface area (Å²) in [4.78, 5) is 13.8. The molecule has 0 aromatic carbocycles. The minimum atomic E-state index is -4.73. The molecule has 10 heavy (non-hydrogen) atoms. The van der Waals surface area contributed by atoms with E-state index < -0.39 is 23.0 Å². The predicted molar refractivity (Wildman–Crippen MR) is 27.8 cm³/mol. The van der Waals surface area contributed by atoms with Crippen LogP contribution in [0.15, 0.2) is 0 Å². The molecule has 0 rings (SSSR count). The molecule has 0 saturated heterocycles. The molecule has 0 spiro atoms. The number of nitrogens with two attached hydrogens (primary N) is 1. The molecule has 0 saturated carbocycles. The molecular weight excluding hydrogens is 166 g/mol. The second-order valence-electron chi connectivity index (χ2n) is 1.19. The van der Waals surface area contributed by atoms with Crippen LogP contribution in [0, 0.1) is 0 Å². The average Bonchev–Trinajstić information content (AvgIpc) is 1.59. The molecule has 0 atom stereocenters. The van der Waals surface area contributed by atoms with Crippen LogP contribution in [0.1, 0.15) is 0 Å². The Balaban J connectivity index is 3.82. The van der Waals surface area contributed by atoms with Gasteiger partial charge in [0.1, 0.15) is 0 Å². The number of carbonyl (C=O) groups excluding carboxylic acids is 1. The fraction of sp³-hybridized carbons (Fsp3) is 0.500. The van der Waals surface area contributed by atoms with Crippen LogP contribution < -0.4 is 5.90 Å². The first-order chi connectivity index (χ1) is 4.45. The van der Waals surface area contributed by atoms with Crippen molar-refractivity contribution in [2.24, 2.45) is 5.90 Å². The predicted octanol–water partition coefficient (Wildman–Crippen LogP) is -1.78. The number of hydrogen-bond donors (Lipinski definition) is 2. The molecule has 0 aliphatic rings. The van der Waals surface area contributed by atoms with E-state index in [2.05, 4.69) is 14.9 Å². The summed E-state index contributed by atoms with van der Waals surface area (Å²) in [5.41, 5.74) is 0. The maximum atomic E-state index is 10.1. The Kier molecular flexibility index (Phi) is 3.22. The van der Waals surface area contributed by atoms with Gasteiger partial charge in [0.15, 0.2) is 6.61 Å². The first kappa shape index (κ1) is 9.30. The van der Waals surface area contributed by atoms with Crippen LogP contribution in [0.25, 0.3) is 0 Å². The maximum Gasteiger partial charge on any atom is 0.449 e. The Morgan fingerprint density at radius 3 is 2.40 bits per heavy atom. The molecule has 0 aliphatic carbocycles. The summed E-state index contributed by atoms with van der Waals surface area (Å²) >= 11 is 0. The summed E-state index contributed by atoms with van der Waals surface area (Å²) in [7, 11) is -4.73. The van der Waals surface area contributed by atoms with Gasteiger partial charge < -0.3 is 4.18 Å². The van der Waals surface area contributed by atoms with Gasteiger partial charge in [-0.1, -0.05) is 0 Å². The largest absolute Gasteiger partial charge is 0.449 e. The highest BCUT2D eigenvalue weighted by molar-refractivity contribution is 7.81. The molecule has 0 aromatic heterocycles. The molecule has 8 heteroatoms. The zero-order chi connectivity index (χ0) is 8.20. The smallest absolute Gasteiger partial charge is 0.322 e. The van der Waals surface area contributed by atoms with E-state index in [1.807, 2.05) is 0 Å². The minimum Gasteiger partial charge on any atom is -0.322 e. The highest BCUT2D eigenvalue weighted by Crippen LogP contribution is 1.86. The SMILES string of the molecule is NOCC(=O)OS(=O)(=O)O. The quantitative estimate of drug-likeness (QED) is 0.381. The Morgan fingerprint density at radius 2 is 2.10 bits per heavy atom. The van der Waals surface area contributed by atoms with Crippen LogP contribution in [0.4, 0.5) is 0 Å². The van der Waals surface area contributed by atoms with E-state index >= 15 is 0 Å². The molecule has 0 unspecified atom stereocenters. The van der Waals surface area contributed by atoms with E-state index in [1.54, 1.807) is 0 Å². The van der Waals surface area contributed by atoms with E-state index in [1.165, 1.54) is 0 Å². The maximum absolute atomic E-state index is 10.1. The summed E-state index contributed by atoms with van der Waals surface area (Å²) in [6.45, 7) is -0.736. The van der Waals surface area contributed by atoms with E-state index in [-0.39, 0.29) is 0 Å². The Labute approximate surface area is 56.6 Å². The van der Waals surface area contributed by atoms with Crippen molar-refractivity contribution < 1.29 is 26.8 Å². The van der Waals surface area contributed by atoms with Crippen LogP contribution in [0.2, 0.25) is 0 Å². The number of hydrogen-bond acceptors (Lipinski definition) is 6. The van der Waals surface area contributed by atoms with Gasteiger partial charge in [-0.2, -0.15) is 8.42 Å². The Morgan fingerprint density at radius 1 is 1.60 bits per heavy atom. The molecule has 0 fully saturated rings. The third-order valence-electron chi connectivity index (χ3n) is 0.399. The summed E-state index contributed by atoms with van der Waals surface area (Å²) in [6.07, 6.45) is 0. The monoisotopic (exact) mass is 171 g/mol. The van der Waals surface area contributed by atoms with Gasteiger partial charge in [-0.25, -0.2) is 10.7 Å². The average molecular weight is 171 g/mol. The third-order valence-corrected chi connectivity index (χ3v) is 0.796. The standard InChI is InChI=1S/C2H5NO6S/c3-8-1-2(4)9-10(5,6)7/h1,3H2,(H,5,6,7). The molecular formula is C2H5NO6S. The van der Waals surface area contributed by atoms with Crippen molar-refractivity contribution in [2.75, 3.05) is 6.61 Å². The molecule has 0 heterocycles. The van der Waals surface area contributed by atoms with Crippen molar-refractivity contribution in [1.82, 2.24) is 0 Å². The van der Waals surface area contributed by atoms with Crippen molar-refractivity contribution >= 4 is 16.4 Å².